The highest BCUT2D eigenvalue weighted by atomic mass is 16.4. The second-order valence-corrected chi connectivity index (χ2v) is 3.56. The maximum Gasteiger partial charge on any atom is 0.326 e. The summed E-state index contributed by atoms with van der Waals surface area (Å²) in [4.78, 5) is 34.4. The van der Waals surface area contributed by atoms with Gasteiger partial charge in [0.1, 0.15) is 6.04 Å². The van der Waals surface area contributed by atoms with Crippen molar-refractivity contribution >= 4 is 17.9 Å². The summed E-state index contributed by atoms with van der Waals surface area (Å²) < 4.78 is 0. The first kappa shape index (κ1) is 15.8. The molecule has 3 amide bonds. The fraction of sp³-hybridized carbons (Fsp3) is 0.545. The van der Waals surface area contributed by atoms with Crippen LogP contribution < -0.4 is 11.1 Å². The lowest BCUT2D eigenvalue weighted by Crippen LogP contribution is -2.48. The molecule has 0 heterocycles. The van der Waals surface area contributed by atoms with Gasteiger partial charge in [0.25, 0.3) is 0 Å². The molecule has 7 nitrogen and oxygen atoms in total. The van der Waals surface area contributed by atoms with Crippen LogP contribution in [0.15, 0.2) is 0 Å². The fourth-order valence-electron chi connectivity index (χ4n) is 1.22. The number of aliphatic carboxylic acids is 1. The Hall–Kier alpha value is -2.23. The van der Waals surface area contributed by atoms with Crippen molar-refractivity contribution in [3.63, 3.8) is 0 Å². The van der Waals surface area contributed by atoms with Gasteiger partial charge in [-0.1, -0.05) is 5.92 Å². The van der Waals surface area contributed by atoms with Gasteiger partial charge in [0.15, 0.2) is 0 Å². The zero-order valence-corrected chi connectivity index (χ0v) is 10.2. The van der Waals surface area contributed by atoms with Crippen LogP contribution in [0.3, 0.4) is 0 Å². The van der Waals surface area contributed by atoms with E-state index in [1.807, 2.05) is 0 Å². The minimum absolute atomic E-state index is 0.0516. The molecule has 0 spiro atoms. The van der Waals surface area contributed by atoms with E-state index in [0.717, 1.165) is 0 Å². The molecule has 0 saturated carbocycles. The van der Waals surface area contributed by atoms with E-state index < -0.39 is 23.9 Å². The van der Waals surface area contributed by atoms with Crippen molar-refractivity contribution in [2.45, 2.75) is 25.8 Å². The molecule has 0 saturated heterocycles. The average Bonchev–Trinajstić information content (AvgIpc) is 2.30. The van der Waals surface area contributed by atoms with E-state index in [9.17, 15) is 14.4 Å². The van der Waals surface area contributed by atoms with E-state index in [2.05, 4.69) is 11.2 Å². The Balaban J connectivity index is 4.48. The number of hydrogen-bond donors (Lipinski definition) is 3. The smallest absolute Gasteiger partial charge is 0.326 e. The Morgan fingerprint density at radius 1 is 1.50 bits per heavy atom. The van der Waals surface area contributed by atoms with Crippen LogP contribution in [0, 0.1) is 12.3 Å². The number of carboxylic acids is 1. The quantitative estimate of drug-likeness (QED) is 0.525. The normalized spacial score (nSPS) is 11.1. The van der Waals surface area contributed by atoms with Crippen molar-refractivity contribution in [1.29, 1.82) is 0 Å². The molecule has 0 aliphatic rings. The van der Waals surface area contributed by atoms with Gasteiger partial charge in [0.05, 0.1) is 6.54 Å². The van der Waals surface area contributed by atoms with Crippen LogP contribution in [0.1, 0.15) is 19.8 Å². The van der Waals surface area contributed by atoms with E-state index in [4.69, 9.17) is 17.3 Å². The monoisotopic (exact) mass is 255 g/mol. The van der Waals surface area contributed by atoms with Crippen LogP contribution in [-0.4, -0.2) is 47.0 Å². The van der Waals surface area contributed by atoms with Crippen LogP contribution in [-0.2, 0) is 9.59 Å². The van der Waals surface area contributed by atoms with E-state index in [0.29, 0.717) is 6.54 Å². The maximum atomic E-state index is 11.7. The molecule has 0 aliphatic carbocycles. The van der Waals surface area contributed by atoms with Gasteiger partial charge in [0.2, 0.25) is 5.91 Å². The highest BCUT2D eigenvalue weighted by Crippen LogP contribution is 1.99. The van der Waals surface area contributed by atoms with Crippen LogP contribution in [0.2, 0.25) is 0 Å². The van der Waals surface area contributed by atoms with Crippen LogP contribution in [0.25, 0.3) is 0 Å². The summed E-state index contributed by atoms with van der Waals surface area (Å²) in [6.07, 6.45) is 4.92. The summed E-state index contributed by atoms with van der Waals surface area (Å²) in [7, 11) is 0. The van der Waals surface area contributed by atoms with Gasteiger partial charge in [0, 0.05) is 13.0 Å². The van der Waals surface area contributed by atoms with Gasteiger partial charge >= 0.3 is 12.0 Å². The number of carboxylic acid groups (broad SMARTS) is 1. The summed E-state index contributed by atoms with van der Waals surface area (Å²) in [6, 6.07) is -1.73. The molecule has 100 valence electrons. The topological polar surface area (TPSA) is 113 Å². The number of carbonyl (C=O) groups is 3. The highest BCUT2D eigenvalue weighted by molar-refractivity contribution is 5.83. The van der Waals surface area contributed by atoms with Crippen molar-refractivity contribution in [1.82, 2.24) is 10.2 Å². The van der Waals surface area contributed by atoms with Gasteiger partial charge in [-0.25, -0.2) is 9.59 Å². The van der Waals surface area contributed by atoms with Crippen molar-refractivity contribution in [3.8, 4) is 12.3 Å². The third-order valence-corrected chi connectivity index (χ3v) is 2.23. The molecule has 0 aliphatic heterocycles. The fourth-order valence-corrected chi connectivity index (χ4v) is 1.22. The molecular weight excluding hydrogens is 238 g/mol. The number of rotatable bonds is 7. The number of hydrogen-bond acceptors (Lipinski definition) is 3. The van der Waals surface area contributed by atoms with Gasteiger partial charge < -0.3 is 21.1 Å². The van der Waals surface area contributed by atoms with Crippen molar-refractivity contribution in [2.75, 3.05) is 13.1 Å². The zero-order valence-electron chi connectivity index (χ0n) is 10.2. The third-order valence-electron chi connectivity index (χ3n) is 2.23. The molecule has 0 rings (SSSR count). The number of nitrogens with two attached hydrogens (primary N) is 1. The Kier molecular flexibility index (Phi) is 6.96. The molecule has 7 heteroatoms. The number of carbonyl (C=O) groups excluding carboxylic acids is 2. The highest BCUT2D eigenvalue weighted by Gasteiger charge is 2.22. The van der Waals surface area contributed by atoms with Crippen molar-refractivity contribution in [3.05, 3.63) is 0 Å². The lowest BCUT2D eigenvalue weighted by atomic mass is 10.1. The second kappa shape index (κ2) is 7.95. The van der Waals surface area contributed by atoms with E-state index in [-0.39, 0.29) is 19.4 Å². The Morgan fingerprint density at radius 3 is 2.50 bits per heavy atom. The first-order valence-electron chi connectivity index (χ1n) is 5.42. The lowest BCUT2D eigenvalue weighted by molar-refractivity contribution is -0.139. The standard InChI is InChI=1S/C11H17N3O4/c1-3-7-14(4-2)11(18)13-8(10(16)17)5-6-9(12)15/h1,8H,4-7H2,2H3,(H2,12,15)(H,13,18)(H,16,17). The summed E-state index contributed by atoms with van der Waals surface area (Å²) in [5, 5.41) is 11.2. The second-order valence-electron chi connectivity index (χ2n) is 3.56. The summed E-state index contributed by atoms with van der Waals surface area (Å²) in [5.74, 6) is 0.456. The SMILES string of the molecule is C#CCN(CC)C(=O)NC(CCC(N)=O)C(=O)O. The van der Waals surface area contributed by atoms with E-state index in [1.165, 1.54) is 4.90 Å². The molecule has 0 aromatic rings. The average molecular weight is 255 g/mol. The van der Waals surface area contributed by atoms with Gasteiger partial charge in [-0.15, -0.1) is 6.42 Å². The molecule has 18 heavy (non-hydrogen) atoms. The first-order chi connectivity index (χ1) is 8.42. The van der Waals surface area contributed by atoms with Gasteiger partial charge in [-0.3, -0.25) is 4.79 Å². The number of amides is 3. The molecule has 0 fully saturated rings. The lowest BCUT2D eigenvalue weighted by Gasteiger charge is -2.21. The third kappa shape index (κ3) is 5.75. The first-order valence-corrected chi connectivity index (χ1v) is 5.42. The number of primary amides is 1. The predicted molar refractivity (Wildman–Crippen MR) is 64.5 cm³/mol. The van der Waals surface area contributed by atoms with Gasteiger partial charge in [-0.2, -0.15) is 0 Å². The predicted octanol–water partition coefficient (Wildman–Crippen LogP) is -0.630. The molecular formula is C11H17N3O4. The van der Waals surface area contributed by atoms with Crippen LogP contribution in [0.4, 0.5) is 4.79 Å². The molecule has 0 aromatic heterocycles. The van der Waals surface area contributed by atoms with Crippen LogP contribution in [0.5, 0.6) is 0 Å². The Bertz CT molecular complexity index is 362. The number of nitrogens with zero attached hydrogens (tertiary/aromatic N) is 1. The molecule has 1 unspecified atom stereocenters. The summed E-state index contributed by atoms with van der Waals surface area (Å²) >= 11 is 0. The molecule has 0 radical (unpaired) electrons. The Morgan fingerprint density at radius 2 is 2.11 bits per heavy atom. The number of terminal acetylenes is 1. The van der Waals surface area contributed by atoms with E-state index in [1.54, 1.807) is 6.92 Å². The molecule has 0 aromatic carbocycles. The number of nitrogens with one attached hydrogen (secondary N) is 1. The summed E-state index contributed by atoms with van der Waals surface area (Å²) in [5.41, 5.74) is 4.92. The molecule has 1 atom stereocenters. The van der Waals surface area contributed by atoms with Gasteiger partial charge in [-0.05, 0) is 13.3 Å². The Labute approximate surface area is 105 Å². The zero-order chi connectivity index (χ0) is 14.1. The molecule has 0 bridgehead atoms. The van der Waals surface area contributed by atoms with Crippen molar-refractivity contribution in [2.24, 2.45) is 5.73 Å². The number of urea groups is 1. The summed E-state index contributed by atoms with van der Waals surface area (Å²) in [6.45, 7) is 2.17. The maximum absolute atomic E-state index is 11.7. The largest absolute Gasteiger partial charge is 0.480 e. The van der Waals surface area contributed by atoms with Crippen molar-refractivity contribution < 1.29 is 19.5 Å². The van der Waals surface area contributed by atoms with E-state index >= 15 is 0 Å². The minimum Gasteiger partial charge on any atom is -0.480 e. The molecule has 4 N–H and O–H groups in total. The van der Waals surface area contributed by atoms with Crippen LogP contribution >= 0.6 is 0 Å². The minimum atomic E-state index is -1.22.